The van der Waals surface area contributed by atoms with Gasteiger partial charge in [0.15, 0.2) is 0 Å². The van der Waals surface area contributed by atoms with Crippen LogP contribution in [0.1, 0.15) is 24.4 Å². The lowest BCUT2D eigenvalue weighted by atomic mass is 10.0. The summed E-state index contributed by atoms with van der Waals surface area (Å²) in [5.41, 5.74) is 1.87. The molecule has 0 aliphatic heterocycles. The van der Waals surface area contributed by atoms with Crippen LogP contribution in [0.3, 0.4) is 0 Å². The summed E-state index contributed by atoms with van der Waals surface area (Å²) in [7, 11) is 0. The Bertz CT molecular complexity index is 901. The Morgan fingerprint density at radius 3 is 2.68 bits per heavy atom. The minimum atomic E-state index is -0.198. The average molecular weight is 352 g/mol. The maximum Gasteiger partial charge on any atom is 0.319 e. The zero-order valence-corrected chi connectivity index (χ0v) is 14.3. The van der Waals surface area contributed by atoms with Crippen LogP contribution in [0.15, 0.2) is 60.9 Å². The molecule has 2 N–H and O–H groups in total. The molecule has 0 bridgehead atoms. The molecule has 1 fully saturated rings. The van der Waals surface area contributed by atoms with E-state index in [1.807, 2.05) is 48.5 Å². The van der Waals surface area contributed by atoms with E-state index in [9.17, 15) is 4.79 Å². The zero-order valence-electron chi connectivity index (χ0n) is 13.6. The van der Waals surface area contributed by atoms with Gasteiger partial charge in [-0.1, -0.05) is 35.9 Å². The molecular weight excluding hydrogens is 334 g/mol. The predicted octanol–water partition coefficient (Wildman–Crippen LogP) is 5.16. The number of carbonyl (C=O) groups excluding carboxylic acids is 1. The number of amides is 2. The van der Waals surface area contributed by atoms with Crippen molar-refractivity contribution in [1.29, 1.82) is 0 Å². The largest absolute Gasteiger partial charge is 0.331 e. The first-order valence-electron chi connectivity index (χ1n) is 8.36. The van der Waals surface area contributed by atoms with E-state index in [2.05, 4.69) is 15.6 Å². The highest BCUT2D eigenvalue weighted by atomic mass is 35.5. The molecule has 1 unspecified atom stereocenters. The Morgan fingerprint density at radius 1 is 1.12 bits per heavy atom. The van der Waals surface area contributed by atoms with Crippen molar-refractivity contribution in [2.24, 2.45) is 5.92 Å². The second kappa shape index (κ2) is 6.73. The minimum Gasteiger partial charge on any atom is -0.331 e. The number of hydrogen-bond acceptors (Lipinski definition) is 2. The number of pyridine rings is 1. The van der Waals surface area contributed by atoms with E-state index in [4.69, 9.17) is 11.6 Å². The van der Waals surface area contributed by atoms with Gasteiger partial charge in [0.25, 0.3) is 0 Å². The van der Waals surface area contributed by atoms with Gasteiger partial charge in [-0.15, -0.1) is 0 Å². The maximum absolute atomic E-state index is 12.6. The lowest BCUT2D eigenvalue weighted by Crippen LogP contribution is -2.33. The van der Waals surface area contributed by atoms with E-state index in [1.54, 1.807) is 12.4 Å². The molecule has 1 aliphatic carbocycles. The Balaban J connectivity index is 1.53. The number of halogens is 1. The van der Waals surface area contributed by atoms with Gasteiger partial charge in [-0.25, -0.2) is 4.79 Å². The Hall–Kier alpha value is -2.59. The van der Waals surface area contributed by atoms with Gasteiger partial charge >= 0.3 is 6.03 Å². The molecule has 5 heteroatoms. The first kappa shape index (κ1) is 15.9. The molecule has 25 heavy (non-hydrogen) atoms. The van der Waals surface area contributed by atoms with Gasteiger partial charge in [-0.3, -0.25) is 4.98 Å². The third-order valence-electron chi connectivity index (χ3n) is 4.54. The molecule has 4 rings (SSSR count). The van der Waals surface area contributed by atoms with Crippen molar-refractivity contribution in [2.45, 2.75) is 18.9 Å². The molecule has 1 atom stereocenters. The first-order valence-corrected chi connectivity index (χ1v) is 8.74. The fourth-order valence-electron chi connectivity index (χ4n) is 3.10. The molecule has 1 aromatic heterocycles. The van der Waals surface area contributed by atoms with E-state index in [-0.39, 0.29) is 12.1 Å². The summed E-state index contributed by atoms with van der Waals surface area (Å²) < 4.78 is 0. The van der Waals surface area contributed by atoms with Crippen LogP contribution in [0.2, 0.25) is 5.02 Å². The van der Waals surface area contributed by atoms with Crippen LogP contribution < -0.4 is 10.6 Å². The molecule has 4 nitrogen and oxygen atoms in total. The molecule has 0 radical (unpaired) electrons. The topological polar surface area (TPSA) is 54.0 Å². The van der Waals surface area contributed by atoms with Crippen LogP contribution in [0.25, 0.3) is 10.8 Å². The number of aromatic nitrogens is 1. The van der Waals surface area contributed by atoms with Gasteiger partial charge in [0.1, 0.15) is 0 Å². The molecule has 1 saturated carbocycles. The zero-order chi connectivity index (χ0) is 17.2. The summed E-state index contributed by atoms with van der Waals surface area (Å²) in [6.45, 7) is 0. The predicted molar refractivity (Wildman–Crippen MR) is 101 cm³/mol. The SMILES string of the molecule is O=C(Nc1cccc2cnccc12)NC(c1ccc(Cl)cc1)C1CC1. The van der Waals surface area contributed by atoms with Gasteiger partial charge in [-0.2, -0.15) is 0 Å². The van der Waals surface area contributed by atoms with Crippen LogP contribution >= 0.6 is 11.6 Å². The number of fused-ring (bicyclic) bond motifs is 1. The molecule has 1 heterocycles. The van der Waals surface area contributed by atoms with Crippen LogP contribution in [0, 0.1) is 5.92 Å². The highest BCUT2D eigenvalue weighted by molar-refractivity contribution is 6.30. The second-order valence-electron chi connectivity index (χ2n) is 6.37. The maximum atomic E-state index is 12.6. The van der Waals surface area contributed by atoms with E-state index in [0.717, 1.165) is 34.9 Å². The van der Waals surface area contributed by atoms with Crippen molar-refractivity contribution in [1.82, 2.24) is 10.3 Å². The van der Waals surface area contributed by atoms with Gasteiger partial charge < -0.3 is 10.6 Å². The molecule has 0 saturated heterocycles. The Kier molecular flexibility index (Phi) is 4.28. The molecule has 0 spiro atoms. The number of nitrogens with one attached hydrogen (secondary N) is 2. The number of anilines is 1. The Labute approximate surface area is 151 Å². The monoisotopic (exact) mass is 351 g/mol. The van der Waals surface area contributed by atoms with Crippen molar-refractivity contribution in [3.63, 3.8) is 0 Å². The quantitative estimate of drug-likeness (QED) is 0.682. The average Bonchev–Trinajstić information content (AvgIpc) is 3.46. The molecule has 2 aromatic carbocycles. The number of benzene rings is 2. The molecule has 3 aromatic rings. The smallest absolute Gasteiger partial charge is 0.319 e. The summed E-state index contributed by atoms with van der Waals surface area (Å²) in [4.78, 5) is 16.7. The molecular formula is C20H18ClN3O. The fraction of sp³-hybridized carbons (Fsp3) is 0.200. The fourth-order valence-corrected chi connectivity index (χ4v) is 3.23. The van der Waals surface area contributed by atoms with E-state index in [0.29, 0.717) is 10.9 Å². The second-order valence-corrected chi connectivity index (χ2v) is 6.80. The summed E-state index contributed by atoms with van der Waals surface area (Å²) in [6.07, 6.45) is 5.78. The van der Waals surface area contributed by atoms with Crippen molar-refractivity contribution >= 4 is 34.1 Å². The van der Waals surface area contributed by atoms with Crippen LogP contribution in [-0.4, -0.2) is 11.0 Å². The number of carbonyl (C=O) groups is 1. The van der Waals surface area contributed by atoms with Gasteiger partial charge in [0, 0.05) is 28.2 Å². The van der Waals surface area contributed by atoms with Gasteiger partial charge in [-0.05, 0) is 48.6 Å². The van der Waals surface area contributed by atoms with E-state index in [1.165, 1.54) is 0 Å². The number of urea groups is 1. The van der Waals surface area contributed by atoms with Gasteiger partial charge in [0.2, 0.25) is 0 Å². The summed E-state index contributed by atoms with van der Waals surface area (Å²) >= 11 is 5.98. The van der Waals surface area contributed by atoms with E-state index < -0.39 is 0 Å². The van der Waals surface area contributed by atoms with Crippen LogP contribution in [0.5, 0.6) is 0 Å². The van der Waals surface area contributed by atoms with Crippen LogP contribution in [-0.2, 0) is 0 Å². The lowest BCUT2D eigenvalue weighted by Gasteiger charge is -2.19. The summed E-state index contributed by atoms with van der Waals surface area (Å²) in [5.74, 6) is 0.489. The third-order valence-corrected chi connectivity index (χ3v) is 4.79. The molecule has 1 aliphatic rings. The highest BCUT2D eigenvalue weighted by Crippen LogP contribution is 2.41. The van der Waals surface area contributed by atoms with Crippen molar-refractivity contribution in [3.8, 4) is 0 Å². The number of hydrogen-bond donors (Lipinski definition) is 2. The summed E-state index contributed by atoms with van der Waals surface area (Å²) in [6, 6.07) is 15.2. The van der Waals surface area contributed by atoms with Crippen molar-refractivity contribution in [2.75, 3.05) is 5.32 Å². The molecule has 126 valence electrons. The Morgan fingerprint density at radius 2 is 1.92 bits per heavy atom. The summed E-state index contributed by atoms with van der Waals surface area (Å²) in [5, 5.41) is 8.77. The highest BCUT2D eigenvalue weighted by Gasteiger charge is 2.33. The molecule has 2 amide bonds. The number of rotatable bonds is 4. The van der Waals surface area contributed by atoms with E-state index >= 15 is 0 Å². The van der Waals surface area contributed by atoms with Gasteiger partial charge in [0.05, 0.1) is 11.7 Å². The number of nitrogens with zero attached hydrogens (tertiary/aromatic N) is 1. The normalized spacial score (nSPS) is 14.9. The van der Waals surface area contributed by atoms with Crippen molar-refractivity contribution in [3.05, 3.63) is 71.5 Å². The first-order chi connectivity index (χ1) is 12.2. The van der Waals surface area contributed by atoms with Crippen molar-refractivity contribution < 1.29 is 4.79 Å². The third kappa shape index (κ3) is 3.59. The minimum absolute atomic E-state index is 0.00825. The lowest BCUT2D eigenvalue weighted by molar-refractivity contribution is 0.247. The standard InChI is InChI=1S/C20H18ClN3O/c21-16-8-6-14(7-9-16)19(13-4-5-13)24-20(25)23-18-3-1-2-15-12-22-11-10-17(15)18/h1-3,6-13,19H,4-5H2,(H2,23,24,25). The van der Waals surface area contributed by atoms with Crippen LogP contribution in [0.4, 0.5) is 10.5 Å².